The molecule has 0 spiro atoms. The van der Waals surface area contributed by atoms with Gasteiger partial charge in [-0.15, -0.1) is 11.6 Å². The number of carbonyl (C=O) groups excluding carboxylic acids is 1. The minimum Gasteiger partial charge on any atom is -0.326 e. The van der Waals surface area contributed by atoms with Gasteiger partial charge in [-0.1, -0.05) is 19.1 Å². The van der Waals surface area contributed by atoms with Gasteiger partial charge >= 0.3 is 0 Å². The largest absolute Gasteiger partial charge is 0.326 e. The Hall–Kier alpha value is -1.06. The standard InChI is InChI=1S/C15H21ClN2O/c1-12(10-16)15(19)17-14-6-4-5-13(9-14)11-18-7-2-3-8-18/h4-6,9,12H,2-3,7-8,10-11H2,1H3,(H,17,19). The summed E-state index contributed by atoms with van der Waals surface area (Å²) in [6.45, 7) is 5.16. The smallest absolute Gasteiger partial charge is 0.228 e. The van der Waals surface area contributed by atoms with Crippen molar-refractivity contribution in [3.05, 3.63) is 29.8 Å². The molecule has 1 amide bonds. The fraction of sp³-hybridized carbons (Fsp3) is 0.533. The average molecular weight is 281 g/mol. The van der Waals surface area contributed by atoms with Gasteiger partial charge in [0.1, 0.15) is 0 Å². The minimum absolute atomic E-state index is 0.0201. The van der Waals surface area contributed by atoms with Gasteiger partial charge in [0.05, 0.1) is 0 Å². The van der Waals surface area contributed by atoms with Crippen LogP contribution in [-0.4, -0.2) is 29.8 Å². The summed E-state index contributed by atoms with van der Waals surface area (Å²) in [5, 5.41) is 2.92. The first-order valence-electron chi connectivity index (χ1n) is 6.87. The molecule has 1 saturated heterocycles. The van der Waals surface area contributed by atoms with Gasteiger partial charge in [-0.05, 0) is 43.6 Å². The van der Waals surface area contributed by atoms with E-state index in [2.05, 4.69) is 22.3 Å². The molecule has 0 aliphatic carbocycles. The number of rotatable bonds is 5. The summed E-state index contributed by atoms with van der Waals surface area (Å²) in [5.74, 6) is 0.163. The van der Waals surface area contributed by atoms with Crippen LogP contribution in [0.2, 0.25) is 0 Å². The first-order chi connectivity index (χ1) is 9.19. The van der Waals surface area contributed by atoms with E-state index in [9.17, 15) is 4.79 Å². The maximum Gasteiger partial charge on any atom is 0.228 e. The molecule has 1 heterocycles. The zero-order valence-electron chi connectivity index (χ0n) is 11.4. The van der Waals surface area contributed by atoms with E-state index < -0.39 is 0 Å². The molecule has 1 atom stereocenters. The van der Waals surface area contributed by atoms with Crippen LogP contribution >= 0.6 is 11.6 Å². The summed E-state index contributed by atoms with van der Waals surface area (Å²) < 4.78 is 0. The zero-order valence-corrected chi connectivity index (χ0v) is 12.1. The molecular weight excluding hydrogens is 260 g/mol. The second kappa shape index (κ2) is 6.92. The maximum atomic E-state index is 11.8. The van der Waals surface area contributed by atoms with E-state index in [0.717, 1.165) is 12.2 Å². The van der Waals surface area contributed by atoms with Crippen molar-refractivity contribution >= 4 is 23.2 Å². The first kappa shape index (κ1) is 14.4. The number of benzene rings is 1. The molecule has 19 heavy (non-hydrogen) atoms. The Morgan fingerprint density at radius 2 is 2.16 bits per heavy atom. The molecule has 0 bridgehead atoms. The molecule has 1 aromatic rings. The van der Waals surface area contributed by atoms with E-state index in [1.54, 1.807) is 0 Å². The number of halogens is 1. The molecule has 1 aliphatic heterocycles. The van der Waals surface area contributed by atoms with Crippen LogP contribution < -0.4 is 5.32 Å². The van der Waals surface area contributed by atoms with E-state index >= 15 is 0 Å². The Balaban J connectivity index is 1.96. The Morgan fingerprint density at radius 3 is 2.84 bits per heavy atom. The predicted octanol–water partition coefficient (Wildman–Crippen LogP) is 3.10. The summed E-state index contributed by atoms with van der Waals surface area (Å²) in [4.78, 5) is 14.2. The van der Waals surface area contributed by atoms with Crippen molar-refractivity contribution in [2.75, 3.05) is 24.3 Å². The van der Waals surface area contributed by atoms with Crippen molar-refractivity contribution < 1.29 is 4.79 Å². The van der Waals surface area contributed by atoms with Crippen LogP contribution in [0.4, 0.5) is 5.69 Å². The summed E-state index contributed by atoms with van der Waals surface area (Å²) in [6, 6.07) is 8.08. The third-order valence-corrected chi connectivity index (χ3v) is 3.94. The summed E-state index contributed by atoms with van der Waals surface area (Å²) >= 11 is 5.69. The molecule has 1 N–H and O–H groups in total. The summed E-state index contributed by atoms with van der Waals surface area (Å²) in [7, 11) is 0. The summed E-state index contributed by atoms with van der Waals surface area (Å²) in [5.41, 5.74) is 2.11. The number of carbonyl (C=O) groups is 1. The molecule has 0 aromatic heterocycles. The lowest BCUT2D eigenvalue weighted by atomic mass is 10.1. The molecule has 4 heteroatoms. The molecule has 0 saturated carbocycles. The molecule has 2 rings (SSSR count). The van der Waals surface area contributed by atoms with Crippen molar-refractivity contribution in [2.24, 2.45) is 5.92 Å². The molecule has 104 valence electrons. The topological polar surface area (TPSA) is 32.3 Å². The zero-order chi connectivity index (χ0) is 13.7. The quantitative estimate of drug-likeness (QED) is 0.841. The van der Waals surface area contributed by atoms with Crippen LogP contribution in [0.1, 0.15) is 25.3 Å². The molecule has 0 radical (unpaired) electrons. The average Bonchev–Trinajstić information content (AvgIpc) is 2.91. The third-order valence-electron chi connectivity index (χ3n) is 3.48. The Labute approximate surface area is 119 Å². The van der Waals surface area contributed by atoms with Crippen LogP contribution in [0.5, 0.6) is 0 Å². The molecule has 1 fully saturated rings. The number of likely N-dealkylation sites (tertiary alicyclic amines) is 1. The van der Waals surface area contributed by atoms with E-state index in [4.69, 9.17) is 11.6 Å². The minimum atomic E-state index is -0.163. The summed E-state index contributed by atoms with van der Waals surface area (Å²) in [6.07, 6.45) is 2.59. The van der Waals surface area contributed by atoms with Crippen molar-refractivity contribution in [1.29, 1.82) is 0 Å². The molecule has 3 nitrogen and oxygen atoms in total. The number of nitrogens with one attached hydrogen (secondary N) is 1. The van der Waals surface area contributed by atoms with Crippen molar-refractivity contribution in [3.8, 4) is 0 Å². The predicted molar refractivity (Wildman–Crippen MR) is 79.5 cm³/mol. The van der Waals surface area contributed by atoms with Crippen LogP contribution in [0.25, 0.3) is 0 Å². The second-order valence-electron chi connectivity index (χ2n) is 5.23. The van der Waals surface area contributed by atoms with Crippen molar-refractivity contribution in [2.45, 2.75) is 26.3 Å². The van der Waals surface area contributed by atoms with E-state index in [1.165, 1.54) is 31.5 Å². The van der Waals surface area contributed by atoms with Crippen LogP contribution in [-0.2, 0) is 11.3 Å². The lowest BCUT2D eigenvalue weighted by Gasteiger charge is -2.15. The monoisotopic (exact) mass is 280 g/mol. The fourth-order valence-corrected chi connectivity index (χ4v) is 2.42. The highest BCUT2D eigenvalue weighted by molar-refractivity contribution is 6.19. The molecule has 1 unspecified atom stereocenters. The van der Waals surface area contributed by atoms with Gasteiger partial charge in [0.2, 0.25) is 5.91 Å². The van der Waals surface area contributed by atoms with E-state index in [-0.39, 0.29) is 11.8 Å². The Bertz CT molecular complexity index is 430. The van der Waals surface area contributed by atoms with Gasteiger partial charge in [-0.25, -0.2) is 0 Å². The van der Waals surface area contributed by atoms with E-state index in [0.29, 0.717) is 5.88 Å². The van der Waals surface area contributed by atoms with E-state index in [1.807, 2.05) is 19.1 Å². The number of nitrogens with zero attached hydrogens (tertiary/aromatic N) is 1. The van der Waals surface area contributed by atoms with Gasteiger partial charge in [-0.2, -0.15) is 0 Å². The maximum absolute atomic E-state index is 11.8. The SMILES string of the molecule is CC(CCl)C(=O)Nc1cccc(CN2CCCC2)c1. The molecule has 1 aromatic carbocycles. The van der Waals surface area contributed by atoms with Crippen LogP contribution in [0.15, 0.2) is 24.3 Å². The highest BCUT2D eigenvalue weighted by atomic mass is 35.5. The lowest BCUT2D eigenvalue weighted by molar-refractivity contribution is -0.118. The second-order valence-corrected chi connectivity index (χ2v) is 5.54. The van der Waals surface area contributed by atoms with Crippen LogP contribution in [0.3, 0.4) is 0 Å². The Morgan fingerprint density at radius 1 is 1.42 bits per heavy atom. The lowest BCUT2D eigenvalue weighted by Crippen LogP contribution is -2.22. The number of hydrogen-bond donors (Lipinski definition) is 1. The van der Waals surface area contributed by atoms with Crippen molar-refractivity contribution in [1.82, 2.24) is 4.90 Å². The number of anilines is 1. The van der Waals surface area contributed by atoms with Gasteiger partial charge < -0.3 is 5.32 Å². The number of amides is 1. The fourth-order valence-electron chi connectivity index (χ4n) is 2.28. The number of hydrogen-bond acceptors (Lipinski definition) is 2. The van der Waals surface area contributed by atoms with Crippen LogP contribution in [0, 0.1) is 5.92 Å². The number of alkyl halides is 1. The highest BCUT2D eigenvalue weighted by Gasteiger charge is 2.13. The van der Waals surface area contributed by atoms with Gasteiger partial charge in [-0.3, -0.25) is 9.69 Å². The third kappa shape index (κ3) is 4.22. The molecular formula is C15H21ClN2O. The Kier molecular flexibility index (Phi) is 5.23. The normalized spacial score (nSPS) is 17.4. The first-order valence-corrected chi connectivity index (χ1v) is 7.40. The highest BCUT2D eigenvalue weighted by Crippen LogP contribution is 2.16. The van der Waals surface area contributed by atoms with Gasteiger partial charge in [0.15, 0.2) is 0 Å². The van der Waals surface area contributed by atoms with Gasteiger partial charge in [0.25, 0.3) is 0 Å². The molecule has 1 aliphatic rings. The van der Waals surface area contributed by atoms with Crippen molar-refractivity contribution in [3.63, 3.8) is 0 Å². The van der Waals surface area contributed by atoms with Gasteiger partial charge in [0, 0.05) is 24.0 Å².